The van der Waals surface area contributed by atoms with Crippen LogP contribution in [0.15, 0.2) is 0 Å². The van der Waals surface area contributed by atoms with Gasteiger partial charge in [0.15, 0.2) is 0 Å². The van der Waals surface area contributed by atoms with Gasteiger partial charge >= 0.3 is 5.97 Å². The van der Waals surface area contributed by atoms with E-state index in [2.05, 4.69) is 0 Å². The van der Waals surface area contributed by atoms with Crippen molar-refractivity contribution in [2.24, 2.45) is 5.92 Å². The average Bonchev–Trinajstić information content (AvgIpc) is 2.04. The van der Waals surface area contributed by atoms with Gasteiger partial charge in [-0.25, -0.2) is 0 Å². The van der Waals surface area contributed by atoms with Crippen LogP contribution < -0.4 is 0 Å². The Bertz CT molecular complexity index is 131. The zero-order valence-corrected chi connectivity index (χ0v) is 6.92. The van der Waals surface area contributed by atoms with Gasteiger partial charge in [-0.05, 0) is 6.42 Å². The summed E-state index contributed by atoms with van der Waals surface area (Å²) in [5.74, 6) is -0.359. The first kappa shape index (κ1) is 10.1. The van der Waals surface area contributed by atoms with Crippen LogP contribution in [0.1, 0.15) is 26.7 Å². The third-order valence-corrected chi connectivity index (χ3v) is 1.30. The molecule has 1 unspecified atom stereocenters. The van der Waals surface area contributed by atoms with Gasteiger partial charge in [0.2, 0.25) is 6.29 Å². The molecule has 0 fully saturated rings. The third kappa shape index (κ3) is 5.58. The lowest BCUT2D eigenvalue weighted by Crippen LogP contribution is -2.07. The van der Waals surface area contributed by atoms with Gasteiger partial charge in [0.1, 0.15) is 0 Å². The number of hydrogen-bond donors (Lipinski definition) is 0. The van der Waals surface area contributed by atoms with Gasteiger partial charge in [0.05, 0.1) is 6.61 Å². The number of esters is 1. The van der Waals surface area contributed by atoms with E-state index in [1.165, 1.54) is 0 Å². The molecule has 1 radical (unpaired) electrons. The highest BCUT2D eigenvalue weighted by molar-refractivity contribution is 5.68. The number of carbonyl (C=O) groups is 1. The maximum Gasteiger partial charge on any atom is 0.305 e. The van der Waals surface area contributed by atoms with Crippen molar-refractivity contribution in [1.29, 1.82) is 0 Å². The van der Waals surface area contributed by atoms with Gasteiger partial charge in [-0.15, -0.1) is 0 Å². The number of hydrogen-bond acceptors (Lipinski definition) is 3. The minimum absolute atomic E-state index is 0.139. The first-order valence-corrected chi connectivity index (χ1v) is 3.74. The number of carbonyl (C=O) groups excluding carboxylic acids is 2. The minimum atomic E-state index is -0.219. The molecule has 11 heavy (non-hydrogen) atoms. The Morgan fingerprint density at radius 2 is 2.27 bits per heavy atom. The van der Waals surface area contributed by atoms with Crippen molar-refractivity contribution >= 4 is 12.3 Å². The quantitative estimate of drug-likeness (QED) is 0.561. The van der Waals surface area contributed by atoms with Gasteiger partial charge in [-0.3, -0.25) is 9.59 Å². The summed E-state index contributed by atoms with van der Waals surface area (Å²) >= 11 is 0. The summed E-state index contributed by atoms with van der Waals surface area (Å²) in [6.07, 6.45) is 2.77. The topological polar surface area (TPSA) is 43.4 Å². The van der Waals surface area contributed by atoms with Crippen molar-refractivity contribution in [1.82, 2.24) is 0 Å². The fourth-order valence-corrected chi connectivity index (χ4v) is 0.511. The molecule has 63 valence electrons. The van der Waals surface area contributed by atoms with Crippen molar-refractivity contribution in [3.8, 4) is 0 Å². The largest absolute Gasteiger partial charge is 0.466 e. The van der Waals surface area contributed by atoms with E-state index in [1.54, 1.807) is 13.8 Å². The monoisotopic (exact) mass is 157 g/mol. The molecule has 0 aromatic heterocycles. The van der Waals surface area contributed by atoms with Gasteiger partial charge in [-0.2, -0.15) is 0 Å². The van der Waals surface area contributed by atoms with E-state index in [9.17, 15) is 9.59 Å². The molecule has 0 aliphatic heterocycles. The van der Waals surface area contributed by atoms with Gasteiger partial charge in [0.25, 0.3) is 0 Å². The molecular formula is C8H13O3. The summed E-state index contributed by atoms with van der Waals surface area (Å²) in [5, 5.41) is 0. The highest BCUT2D eigenvalue weighted by atomic mass is 16.5. The molecule has 0 aliphatic rings. The molecule has 0 aromatic rings. The van der Waals surface area contributed by atoms with E-state index in [1.807, 2.05) is 6.29 Å². The first-order valence-electron chi connectivity index (χ1n) is 3.74. The van der Waals surface area contributed by atoms with E-state index in [0.29, 0.717) is 19.4 Å². The Labute approximate surface area is 66.7 Å². The predicted molar refractivity (Wildman–Crippen MR) is 40.7 cm³/mol. The number of ether oxygens (including phenoxy) is 1. The Balaban J connectivity index is 3.26. The van der Waals surface area contributed by atoms with Crippen molar-refractivity contribution in [3.05, 3.63) is 0 Å². The van der Waals surface area contributed by atoms with Crippen molar-refractivity contribution in [3.63, 3.8) is 0 Å². The van der Waals surface area contributed by atoms with Crippen molar-refractivity contribution in [2.75, 3.05) is 6.61 Å². The van der Waals surface area contributed by atoms with Crippen LogP contribution in [-0.4, -0.2) is 18.9 Å². The second-order valence-electron chi connectivity index (χ2n) is 2.38. The van der Waals surface area contributed by atoms with Crippen LogP contribution in [-0.2, 0) is 14.3 Å². The molecule has 0 amide bonds. The maximum atomic E-state index is 10.6. The van der Waals surface area contributed by atoms with Gasteiger partial charge in [0, 0.05) is 12.3 Å². The first-order chi connectivity index (χ1) is 5.20. The number of rotatable bonds is 5. The van der Waals surface area contributed by atoms with Crippen LogP contribution in [0.5, 0.6) is 0 Å². The molecule has 0 aromatic carbocycles. The van der Waals surface area contributed by atoms with E-state index in [4.69, 9.17) is 4.74 Å². The zero-order chi connectivity index (χ0) is 8.69. The Kier molecular flexibility index (Phi) is 5.43. The van der Waals surface area contributed by atoms with Crippen molar-refractivity contribution in [2.45, 2.75) is 26.7 Å². The highest BCUT2D eigenvalue weighted by Gasteiger charge is 2.02. The predicted octanol–water partition coefficient (Wildman–Crippen LogP) is 1.08. The Hall–Kier alpha value is -0.860. The van der Waals surface area contributed by atoms with Crippen LogP contribution in [0, 0.1) is 5.92 Å². The van der Waals surface area contributed by atoms with E-state index in [-0.39, 0.29) is 11.9 Å². The minimum Gasteiger partial charge on any atom is -0.466 e. The zero-order valence-electron chi connectivity index (χ0n) is 6.92. The Morgan fingerprint density at radius 3 is 2.73 bits per heavy atom. The molecule has 3 nitrogen and oxygen atoms in total. The van der Waals surface area contributed by atoms with Crippen LogP contribution in [0.2, 0.25) is 0 Å². The maximum absolute atomic E-state index is 10.6. The summed E-state index contributed by atoms with van der Waals surface area (Å²) in [6.45, 7) is 3.80. The van der Waals surface area contributed by atoms with Crippen LogP contribution in [0.4, 0.5) is 0 Å². The Morgan fingerprint density at radius 1 is 1.64 bits per heavy atom. The lowest BCUT2D eigenvalue weighted by Gasteiger charge is -2.03. The smallest absolute Gasteiger partial charge is 0.305 e. The standard InChI is InChI=1S/C8H13O3/c1-3-8(10)11-5-4-7(2)6-9/h7H,3-5H2,1-2H3. The van der Waals surface area contributed by atoms with Crippen LogP contribution in [0.3, 0.4) is 0 Å². The molecule has 0 rings (SSSR count). The normalized spacial score (nSPS) is 12.2. The molecule has 0 heterocycles. The molecule has 0 aliphatic carbocycles. The van der Waals surface area contributed by atoms with E-state index >= 15 is 0 Å². The fraction of sp³-hybridized carbons (Fsp3) is 0.750. The summed E-state index contributed by atoms with van der Waals surface area (Å²) in [4.78, 5) is 20.5. The lowest BCUT2D eigenvalue weighted by molar-refractivity contribution is -0.143. The molecular weight excluding hydrogens is 144 g/mol. The summed E-state index contributed by atoms with van der Waals surface area (Å²) in [6, 6.07) is 0. The molecule has 1 atom stereocenters. The molecule has 0 bridgehead atoms. The van der Waals surface area contributed by atoms with Gasteiger partial charge in [-0.1, -0.05) is 13.8 Å². The highest BCUT2D eigenvalue weighted by Crippen LogP contribution is 1.97. The van der Waals surface area contributed by atoms with Gasteiger partial charge < -0.3 is 4.74 Å². The summed E-state index contributed by atoms with van der Waals surface area (Å²) in [7, 11) is 0. The second kappa shape index (κ2) is 5.89. The van der Waals surface area contributed by atoms with Crippen LogP contribution in [0.25, 0.3) is 0 Å². The molecule has 0 saturated heterocycles. The van der Waals surface area contributed by atoms with E-state index < -0.39 is 0 Å². The summed E-state index contributed by atoms with van der Waals surface area (Å²) < 4.78 is 4.75. The van der Waals surface area contributed by atoms with E-state index in [0.717, 1.165) is 0 Å². The SMILES string of the molecule is CCC(=O)OCCC(C)[C]=O. The lowest BCUT2D eigenvalue weighted by atomic mass is 10.1. The van der Waals surface area contributed by atoms with Crippen LogP contribution >= 0.6 is 0 Å². The second-order valence-corrected chi connectivity index (χ2v) is 2.38. The molecule has 3 heteroatoms. The molecule has 0 N–H and O–H groups in total. The third-order valence-electron chi connectivity index (χ3n) is 1.30. The molecule has 0 saturated carbocycles. The fourth-order valence-electron chi connectivity index (χ4n) is 0.511. The molecule has 0 spiro atoms. The summed E-state index contributed by atoms with van der Waals surface area (Å²) in [5.41, 5.74) is 0. The van der Waals surface area contributed by atoms with Crippen molar-refractivity contribution < 1.29 is 14.3 Å². The average molecular weight is 157 g/mol.